The van der Waals surface area contributed by atoms with Crippen molar-refractivity contribution >= 4 is 27.5 Å². The molecule has 2 N–H and O–H groups in total. The molecule has 4 nitrogen and oxygen atoms in total. The molecule has 0 aliphatic heterocycles. The van der Waals surface area contributed by atoms with E-state index in [-0.39, 0.29) is 5.54 Å². The normalized spacial score (nSPS) is 11.9. The second-order valence-corrected chi connectivity index (χ2v) is 6.60. The van der Waals surface area contributed by atoms with Gasteiger partial charge in [0.2, 0.25) is 0 Å². The first-order valence-corrected chi connectivity index (χ1v) is 7.12. The Balaban J connectivity index is 2.66. The third kappa shape index (κ3) is 2.83. The van der Waals surface area contributed by atoms with Gasteiger partial charge in [0.15, 0.2) is 5.82 Å². The van der Waals surface area contributed by atoms with E-state index in [0.29, 0.717) is 11.6 Å². The van der Waals surface area contributed by atoms with Gasteiger partial charge in [-0.3, -0.25) is 0 Å². The minimum absolute atomic E-state index is 0.163. The van der Waals surface area contributed by atoms with Gasteiger partial charge in [-0.2, -0.15) is 0 Å². The molecule has 0 spiro atoms. The Morgan fingerprint density at radius 2 is 2.00 bits per heavy atom. The molecule has 0 saturated heterocycles. The maximum Gasteiger partial charge on any atom is 0.166 e. The molecular weight excluding hydrogens is 328 g/mol. The molecule has 0 amide bonds. The van der Waals surface area contributed by atoms with Crippen LogP contribution >= 0.6 is 27.5 Å². The zero-order chi connectivity index (χ0) is 14.2. The summed E-state index contributed by atoms with van der Waals surface area (Å²) < 4.78 is 2.96. The summed E-state index contributed by atoms with van der Waals surface area (Å²) in [5, 5.41) is 9.04. The lowest BCUT2D eigenvalue weighted by Gasteiger charge is -2.25. The standard InChI is InChI=1S/C13H16BrClN4/c1-13(2,3)19-11(7-16)17-18-12(19)9-5-4-8(14)6-10(9)15/h4-6H,7,16H2,1-3H3. The Hall–Kier alpha value is -0.910. The SMILES string of the molecule is CC(C)(C)n1c(CN)nnc1-c1ccc(Br)cc1Cl. The van der Waals surface area contributed by atoms with Crippen LogP contribution in [-0.2, 0) is 12.1 Å². The first kappa shape index (κ1) is 14.5. The maximum absolute atomic E-state index is 6.30. The average molecular weight is 344 g/mol. The number of hydrogen-bond donors (Lipinski definition) is 1. The molecule has 1 heterocycles. The second-order valence-electron chi connectivity index (χ2n) is 5.27. The van der Waals surface area contributed by atoms with Crippen molar-refractivity contribution in [1.82, 2.24) is 14.8 Å². The lowest BCUT2D eigenvalue weighted by Crippen LogP contribution is -2.26. The Kier molecular flexibility index (Phi) is 3.99. The van der Waals surface area contributed by atoms with Crippen molar-refractivity contribution in [1.29, 1.82) is 0 Å². The first-order chi connectivity index (χ1) is 8.84. The minimum Gasteiger partial charge on any atom is -0.324 e. The molecule has 102 valence electrons. The van der Waals surface area contributed by atoms with Crippen LogP contribution in [0.4, 0.5) is 0 Å². The Morgan fingerprint density at radius 1 is 1.32 bits per heavy atom. The Morgan fingerprint density at radius 3 is 2.53 bits per heavy atom. The van der Waals surface area contributed by atoms with Crippen LogP contribution in [0.5, 0.6) is 0 Å². The molecule has 1 aromatic carbocycles. The van der Waals surface area contributed by atoms with Gasteiger partial charge in [0.1, 0.15) is 5.82 Å². The minimum atomic E-state index is -0.163. The third-order valence-electron chi connectivity index (χ3n) is 2.76. The highest BCUT2D eigenvalue weighted by molar-refractivity contribution is 9.10. The summed E-state index contributed by atoms with van der Waals surface area (Å²) in [5.74, 6) is 1.49. The fourth-order valence-electron chi connectivity index (χ4n) is 2.00. The van der Waals surface area contributed by atoms with Crippen molar-refractivity contribution in [2.24, 2.45) is 5.73 Å². The van der Waals surface area contributed by atoms with Gasteiger partial charge < -0.3 is 10.3 Å². The predicted molar refractivity (Wildman–Crippen MR) is 81.1 cm³/mol. The molecule has 1 aromatic heterocycles. The number of halogens is 2. The molecular formula is C13H16BrClN4. The fraction of sp³-hybridized carbons (Fsp3) is 0.385. The second kappa shape index (κ2) is 5.23. The van der Waals surface area contributed by atoms with Crippen molar-refractivity contribution in [2.45, 2.75) is 32.9 Å². The summed E-state index contributed by atoms with van der Waals surface area (Å²) in [6, 6.07) is 5.71. The van der Waals surface area contributed by atoms with E-state index in [1.807, 2.05) is 22.8 Å². The molecule has 0 bridgehead atoms. The summed E-state index contributed by atoms with van der Waals surface area (Å²) in [6.45, 7) is 6.61. The summed E-state index contributed by atoms with van der Waals surface area (Å²) in [7, 11) is 0. The summed E-state index contributed by atoms with van der Waals surface area (Å²) in [6.07, 6.45) is 0. The molecule has 0 radical (unpaired) electrons. The van der Waals surface area contributed by atoms with Crippen LogP contribution in [0.15, 0.2) is 22.7 Å². The maximum atomic E-state index is 6.30. The molecule has 2 aromatic rings. The number of hydrogen-bond acceptors (Lipinski definition) is 3. The highest BCUT2D eigenvalue weighted by Gasteiger charge is 2.24. The van der Waals surface area contributed by atoms with Crippen molar-refractivity contribution < 1.29 is 0 Å². The number of nitrogens with zero attached hydrogens (tertiary/aromatic N) is 3. The van der Waals surface area contributed by atoms with Crippen LogP contribution in [0.2, 0.25) is 5.02 Å². The van der Waals surface area contributed by atoms with E-state index in [0.717, 1.165) is 21.7 Å². The van der Waals surface area contributed by atoms with Crippen LogP contribution in [0.1, 0.15) is 26.6 Å². The van der Waals surface area contributed by atoms with Gasteiger partial charge in [-0.15, -0.1) is 10.2 Å². The molecule has 0 aliphatic carbocycles. The lowest BCUT2D eigenvalue weighted by atomic mass is 10.1. The molecule has 0 unspecified atom stereocenters. The van der Waals surface area contributed by atoms with Gasteiger partial charge in [0, 0.05) is 15.6 Å². The van der Waals surface area contributed by atoms with Crippen molar-refractivity contribution in [2.75, 3.05) is 0 Å². The van der Waals surface area contributed by atoms with E-state index >= 15 is 0 Å². The zero-order valence-electron chi connectivity index (χ0n) is 11.1. The van der Waals surface area contributed by atoms with E-state index in [2.05, 4.69) is 46.9 Å². The average Bonchev–Trinajstić information content (AvgIpc) is 2.72. The molecule has 19 heavy (non-hydrogen) atoms. The molecule has 0 atom stereocenters. The highest BCUT2D eigenvalue weighted by Crippen LogP contribution is 2.32. The fourth-order valence-corrected chi connectivity index (χ4v) is 2.76. The number of aromatic nitrogens is 3. The van der Waals surface area contributed by atoms with Crippen LogP contribution < -0.4 is 5.73 Å². The summed E-state index contributed by atoms with van der Waals surface area (Å²) >= 11 is 9.69. The number of benzene rings is 1. The molecule has 2 rings (SSSR count). The quantitative estimate of drug-likeness (QED) is 0.907. The predicted octanol–water partition coefficient (Wildman–Crippen LogP) is 3.57. The molecule has 6 heteroatoms. The van der Waals surface area contributed by atoms with E-state index < -0.39 is 0 Å². The van der Waals surface area contributed by atoms with Crippen LogP contribution in [0, 0.1) is 0 Å². The first-order valence-electron chi connectivity index (χ1n) is 5.95. The van der Waals surface area contributed by atoms with Gasteiger partial charge in [-0.25, -0.2) is 0 Å². The molecule has 0 aliphatic rings. The number of rotatable bonds is 2. The highest BCUT2D eigenvalue weighted by atomic mass is 79.9. The van der Waals surface area contributed by atoms with Crippen LogP contribution in [-0.4, -0.2) is 14.8 Å². The Bertz CT molecular complexity index is 601. The van der Waals surface area contributed by atoms with Gasteiger partial charge in [-0.1, -0.05) is 27.5 Å². The topological polar surface area (TPSA) is 56.7 Å². The lowest BCUT2D eigenvalue weighted by molar-refractivity contribution is 0.386. The zero-order valence-corrected chi connectivity index (χ0v) is 13.5. The smallest absolute Gasteiger partial charge is 0.166 e. The van der Waals surface area contributed by atoms with E-state index in [4.69, 9.17) is 17.3 Å². The Labute approximate surface area is 126 Å². The third-order valence-corrected chi connectivity index (χ3v) is 3.56. The summed E-state index contributed by atoms with van der Waals surface area (Å²) in [5.41, 5.74) is 6.43. The van der Waals surface area contributed by atoms with E-state index in [1.165, 1.54) is 0 Å². The molecule has 0 saturated carbocycles. The monoisotopic (exact) mass is 342 g/mol. The van der Waals surface area contributed by atoms with Gasteiger partial charge in [0.25, 0.3) is 0 Å². The van der Waals surface area contributed by atoms with Crippen LogP contribution in [0.25, 0.3) is 11.4 Å². The number of nitrogens with two attached hydrogens (primary N) is 1. The van der Waals surface area contributed by atoms with Crippen molar-refractivity contribution in [3.63, 3.8) is 0 Å². The van der Waals surface area contributed by atoms with Gasteiger partial charge in [0.05, 0.1) is 11.6 Å². The van der Waals surface area contributed by atoms with Crippen molar-refractivity contribution in [3.05, 3.63) is 33.5 Å². The van der Waals surface area contributed by atoms with Crippen LogP contribution in [0.3, 0.4) is 0 Å². The summed E-state index contributed by atoms with van der Waals surface area (Å²) in [4.78, 5) is 0. The van der Waals surface area contributed by atoms with Crippen molar-refractivity contribution in [3.8, 4) is 11.4 Å². The van der Waals surface area contributed by atoms with Gasteiger partial charge >= 0.3 is 0 Å². The largest absolute Gasteiger partial charge is 0.324 e. The molecule has 0 fully saturated rings. The van der Waals surface area contributed by atoms with E-state index in [9.17, 15) is 0 Å². The van der Waals surface area contributed by atoms with E-state index in [1.54, 1.807) is 0 Å². The van der Waals surface area contributed by atoms with Gasteiger partial charge in [-0.05, 0) is 39.0 Å².